The van der Waals surface area contributed by atoms with Crippen LogP contribution >= 0.6 is 11.6 Å². The van der Waals surface area contributed by atoms with Crippen LogP contribution in [0.4, 0.5) is 5.69 Å². The third-order valence-corrected chi connectivity index (χ3v) is 5.65. The van der Waals surface area contributed by atoms with Gasteiger partial charge in [-0.1, -0.05) is 48.0 Å². The molecule has 0 aromatic heterocycles. The molecule has 0 bridgehead atoms. The van der Waals surface area contributed by atoms with Crippen molar-refractivity contribution < 1.29 is 23.9 Å². The van der Waals surface area contributed by atoms with Gasteiger partial charge in [0.2, 0.25) is 5.78 Å². The van der Waals surface area contributed by atoms with E-state index in [1.165, 1.54) is 13.2 Å². The van der Waals surface area contributed by atoms with Gasteiger partial charge in [-0.3, -0.25) is 9.59 Å². The first-order valence-corrected chi connectivity index (χ1v) is 11.4. The summed E-state index contributed by atoms with van der Waals surface area (Å²) >= 11 is 5.88. The van der Waals surface area contributed by atoms with Crippen molar-refractivity contribution in [1.29, 1.82) is 0 Å². The van der Waals surface area contributed by atoms with Crippen molar-refractivity contribution in [3.05, 3.63) is 130 Å². The largest absolute Gasteiger partial charge is 0.497 e. The maximum atomic E-state index is 13.3. The van der Waals surface area contributed by atoms with E-state index in [1.54, 1.807) is 91.0 Å². The van der Waals surface area contributed by atoms with Crippen LogP contribution in [-0.4, -0.2) is 24.8 Å². The Kier molecular flexibility index (Phi) is 7.78. The molecule has 0 heterocycles. The fraction of sp³-hybridized carbons (Fsp3) is 0.0690. The average molecular weight is 500 g/mol. The van der Waals surface area contributed by atoms with Gasteiger partial charge in [-0.25, -0.2) is 4.79 Å². The van der Waals surface area contributed by atoms with E-state index in [4.69, 9.17) is 21.1 Å². The molecule has 4 aromatic rings. The van der Waals surface area contributed by atoms with E-state index in [-0.39, 0.29) is 17.3 Å². The number of Topliss-reactive ketones (excluding diaryl/α,β-unsaturated/α-hetero) is 1. The normalized spacial score (nSPS) is 11.3. The summed E-state index contributed by atoms with van der Waals surface area (Å²) in [6, 6.07) is 28.2. The minimum Gasteiger partial charge on any atom is -0.497 e. The van der Waals surface area contributed by atoms with Gasteiger partial charge >= 0.3 is 5.97 Å². The fourth-order valence-corrected chi connectivity index (χ4v) is 3.64. The lowest BCUT2D eigenvalue weighted by Gasteiger charge is -2.18. The standard InChI is InChI=1S/C29H22ClNO5/c1-35-25-16-12-19(13-17-25)26(32)27(20-6-3-2-4-7-20)36-29(34)22-8-5-9-24(18-22)31-28(33)21-10-14-23(30)15-11-21/h2-18,27H,1H3,(H,31,33)/t27-/m1/s1. The zero-order valence-corrected chi connectivity index (χ0v) is 20.1. The molecule has 0 saturated carbocycles. The van der Waals surface area contributed by atoms with E-state index in [0.717, 1.165) is 0 Å². The highest BCUT2D eigenvalue weighted by atomic mass is 35.5. The molecule has 0 spiro atoms. The molecular weight excluding hydrogens is 478 g/mol. The minimum absolute atomic E-state index is 0.187. The average Bonchev–Trinajstić information content (AvgIpc) is 2.92. The summed E-state index contributed by atoms with van der Waals surface area (Å²) in [6.07, 6.45) is -1.15. The molecule has 7 heteroatoms. The Balaban J connectivity index is 1.54. The van der Waals surface area contributed by atoms with Crippen LogP contribution in [0, 0.1) is 0 Å². The van der Waals surface area contributed by atoms with Gasteiger partial charge in [0.05, 0.1) is 12.7 Å². The number of hydrogen-bond donors (Lipinski definition) is 1. The fourth-order valence-electron chi connectivity index (χ4n) is 3.51. The maximum absolute atomic E-state index is 13.3. The van der Waals surface area contributed by atoms with Gasteiger partial charge in [0.1, 0.15) is 5.75 Å². The Morgan fingerprint density at radius 1 is 0.750 bits per heavy atom. The van der Waals surface area contributed by atoms with Gasteiger partial charge in [-0.2, -0.15) is 0 Å². The number of ether oxygens (including phenoxy) is 2. The second-order valence-corrected chi connectivity index (χ2v) is 8.27. The second-order valence-electron chi connectivity index (χ2n) is 7.83. The maximum Gasteiger partial charge on any atom is 0.339 e. The van der Waals surface area contributed by atoms with Gasteiger partial charge in [0.15, 0.2) is 6.10 Å². The zero-order chi connectivity index (χ0) is 25.5. The molecule has 0 radical (unpaired) electrons. The highest BCUT2D eigenvalue weighted by molar-refractivity contribution is 6.30. The molecule has 1 amide bonds. The summed E-state index contributed by atoms with van der Waals surface area (Å²) in [7, 11) is 1.54. The highest BCUT2D eigenvalue weighted by Gasteiger charge is 2.27. The molecule has 36 heavy (non-hydrogen) atoms. The third kappa shape index (κ3) is 5.98. The molecule has 1 N–H and O–H groups in total. The van der Waals surface area contributed by atoms with Gasteiger partial charge in [0, 0.05) is 27.4 Å². The summed E-state index contributed by atoms with van der Waals surface area (Å²) < 4.78 is 10.9. The molecule has 6 nitrogen and oxygen atoms in total. The zero-order valence-electron chi connectivity index (χ0n) is 19.3. The van der Waals surface area contributed by atoms with Crippen LogP contribution in [0.1, 0.15) is 42.7 Å². The topological polar surface area (TPSA) is 81.7 Å². The van der Waals surface area contributed by atoms with Crippen molar-refractivity contribution in [1.82, 2.24) is 0 Å². The lowest BCUT2D eigenvalue weighted by atomic mass is 9.99. The number of ketones is 1. The Bertz CT molecular complexity index is 1370. The molecule has 0 aliphatic carbocycles. The molecule has 0 fully saturated rings. The number of hydrogen-bond acceptors (Lipinski definition) is 5. The summed E-state index contributed by atoms with van der Waals surface area (Å²) in [5, 5.41) is 3.27. The molecule has 4 rings (SSSR count). The van der Waals surface area contributed by atoms with Gasteiger partial charge < -0.3 is 14.8 Å². The first-order valence-electron chi connectivity index (χ1n) is 11.1. The van der Waals surface area contributed by atoms with E-state index < -0.39 is 12.1 Å². The molecule has 0 aliphatic rings. The molecular formula is C29H22ClNO5. The second kappa shape index (κ2) is 11.3. The van der Waals surface area contributed by atoms with Crippen molar-refractivity contribution >= 4 is 34.9 Å². The summed E-state index contributed by atoms with van der Waals surface area (Å²) in [6.45, 7) is 0. The van der Waals surface area contributed by atoms with Crippen LogP contribution in [-0.2, 0) is 4.74 Å². The Morgan fingerprint density at radius 2 is 1.42 bits per heavy atom. The SMILES string of the molecule is COc1ccc(C(=O)[C@H](OC(=O)c2cccc(NC(=O)c3ccc(Cl)cc3)c2)c2ccccc2)cc1. The third-order valence-electron chi connectivity index (χ3n) is 5.40. The van der Waals surface area contributed by atoms with Crippen molar-refractivity contribution in [2.75, 3.05) is 12.4 Å². The van der Waals surface area contributed by atoms with Crippen LogP contribution in [0.5, 0.6) is 5.75 Å². The molecule has 180 valence electrons. The molecule has 0 saturated heterocycles. The number of rotatable bonds is 8. The van der Waals surface area contributed by atoms with E-state index in [2.05, 4.69) is 5.32 Å². The first kappa shape index (κ1) is 24.7. The van der Waals surface area contributed by atoms with Crippen LogP contribution in [0.25, 0.3) is 0 Å². The highest BCUT2D eigenvalue weighted by Crippen LogP contribution is 2.26. The van der Waals surface area contributed by atoms with Gasteiger partial charge in [-0.15, -0.1) is 0 Å². The van der Waals surface area contributed by atoms with Crippen molar-refractivity contribution in [3.8, 4) is 5.75 Å². The van der Waals surface area contributed by atoms with E-state index in [9.17, 15) is 14.4 Å². The summed E-state index contributed by atoms with van der Waals surface area (Å²) in [5.41, 5.74) is 1.93. The van der Waals surface area contributed by atoms with Crippen molar-refractivity contribution in [2.45, 2.75) is 6.10 Å². The number of amides is 1. The Hall–Kier alpha value is -4.42. The van der Waals surface area contributed by atoms with E-state index >= 15 is 0 Å². The van der Waals surface area contributed by atoms with Crippen molar-refractivity contribution in [3.63, 3.8) is 0 Å². The number of nitrogens with one attached hydrogen (secondary N) is 1. The van der Waals surface area contributed by atoms with Crippen LogP contribution < -0.4 is 10.1 Å². The smallest absolute Gasteiger partial charge is 0.339 e. The number of carbonyl (C=O) groups excluding carboxylic acids is 3. The van der Waals surface area contributed by atoms with Crippen LogP contribution in [0.3, 0.4) is 0 Å². The molecule has 0 unspecified atom stereocenters. The monoisotopic (exact) mass is 499 g/mol. The van der Waals surface area contributed by atoms with Crippen LogP contribution in [0.15, 0.2) is 103 Å². The Morgan fingerprint density at radius 3 is 2.08 bits per heavy atom. The number of carbonyl (C=O) groups is 3. The molecule has 0 aliphatic heterocycles. The number of anilines is 1. The van der Waals surface area contributed by atoms with E-state index in [0.29, 0.717) is 33.1 Å². The van der Waals surface area contributed by atoms with Gasteiger partial charge in [-0.05, 0) is 66.7 Å². The van der Waals surface area contributed by atoms with Gasteiger partial charge in [0.25, 0.3) is 5.91 Å². The molecule has 4 aromatic carbocycles. The minimum atomic E-state index is -1.15. The number of methoxy groups -OCH3 is 1. The quantitative estimate of drug-likeness (QED) is 0.224. The number of esters is 1. The lowest BCUT2D eigenvalue weighted by Crippen LogP contribution is -2.20. The first-order chi connectivity index (χ1) is 17.4. The molecule has 1 atom stereocenters. The number of benzene rings is 4. The predicted octanol–water partition coefficient (Wildman–Crippen LogP) is 6.38. The van der Waals surface area contributed by atoms with Crippen molar-refractivity contribution in [2.24, 2.45) is 0 Å². The summed E-state index contributed by atoms with van der Waals surface area (Å²) in [5.74, 6) is -0.816. The number of halogens is 1. The summed E-state index contributed by atoms with van der Waals surface area (Å²) in [4.78, 5) is 38.9. The lowest BCUT2D eigenvalue weighted by molar-refractivity contribution is 0.0280. The van der Waals surface area contributed by atoms with E-state index in [1.807, 2.05) is 6.07 Å². The van der Waals surface area contributed by atoms with Crippen LogP contribution in [0.2, 0.25) is 5.02 Å². The Labute approximate surface area is 213 Å². The predicted molar refractivity (Wildman–Crippen MR) is 138 cm³/mol.